The maximum atomic E-state index is 13.4. The lowest BCUT2D eigenvalue weighted by molar-refractivity contribution is -0.133. The minimum atomic E-state index is -1.37. The Labute approximate surface area is 168 Å². The molecule has 28 heavy (non-hydrogen) atoms. The van der Waals surface area contributed by atoms with Crippen LogP contribution in [0.5, 0.6) is 0 Å². The molecule has 1 saturated heterocycles. The monoisotopic (exact) mass is 397 g/mol. The Bertz CT molecular complexity index is 992. The van der Waals surface area contributed by atoms with Gasteiger partial charge in [-0.2, -0.15) is 0 Å². The van der Waals surface area contributed by atoms with Crippen molar-refractivity contribution in [2.24, 2.45) is 0 Å². The number of nitrogens with zero attached hydrogens (tertiary/aromatic N) is 2. The second-order valence-electron chi connectivity index (χ2n) is 7.18. The molecular weight excluding hydrogens is 378 g/mol. The van der Waals surface area contributed by atoms with Crippen LogP contribution in [0.3, 0.4) is 0 Å². The molecule has 0 aromatic heterocycles. The summed E-state index contributed by atoms with van der Waals surface area (Å²) in [6, 6.07) is 13.8. The fourth-order valence-corrected chi connectivity index (χ4v) is 4.30. The highest BCUT2D eigenvalue weighted by molar-refractivity contribution is 6.30. The third kappa shape index (κ3) is 2.59. The van der Waals surface area contributed by atoms with Crippen molar-refractivity contribution in [1.29, 1.82) is 0 Å². The molecule has 0 unspecified atom stereocenters. The zero-order valence-electron chi connectivity index (χ0n) is 15.6. The molecule has 2 aromatic rings. The van der Waals surface area contributed by atoms with Gasteiger partial charge in [-0.25, -0.2) is 0 Å². The largest absolute Gasteiger partial charge is 0.346 e. The molecule has 3 amide bonds. The van der Waals surface area contributed by atoms with Gasteiger partial charge in [0.25, 0.3) is 11.8 Å². The van der Waals surface area contributed by atoms with Crippen molar-refractivity contribution in [2.45, 2.75) is 31.5 Å². The summed E-state index contributed by atoms with van der Waals surface area (Å²) in [7, 11) is 1.58. The van der Waals surface area contributed by atoms with E-state index in [0.29, 0.717) is 16.3 Å². The van der Waals surface area contributed by atoms with E-state index in [-0.39, 0.29) is 36.6 Å². The highest BCUT2D eigenvalue weighted by atomic mass is 35.5. The molecule has 4 rings (SSSR count). The molecule has 7 heteroatoms. The predicted molar refractivity (Wildman–Crippen MR) is 106 cm³/mol. The Balaban J connectivity index is 1.73. The number of nitrogens with one attached hydrogen (secondary N) is 1. The van der Waals surface area contributed by atoms with E-state index in [0.717, 1.165) is 5.56 Å². The summed E-state index contributed by atoms with van der Waals surface area (Å²) in [6.45, 7) is 1.85. The Morgan fingerprint density at radius 2 is 1.93 bits per heavy atom. The predicted octanol–water partition coefficient (Wildman–Crippen LogP) is 3.13. The first kappa shape index (κ1) is 18.5. The Morgan fingerprint density at radius 3 is 2.68 bits per heavy atom. The number of anilines is 1. The summed E-state index contributed by atoms with van der Waals surface area (Å²) in [5.74, 6) is -0.819. The van der Waals surface area contributed by atoms with Gasteiger partial charge in [-0.05, 0) is 36.8 Å². The molecule has 0 radical (unpaired) electrons. The van der Waals surface area contributed by atoms with E-state index in [1.807, 2.05) is 19.1 Å². The fraction of sp³-hybridized carbons (Fsp3) is 0.286. The Kier molecular flexibility index (Phi) is 4.38. The number of amides is 3. The van der Waals surface area contributed by atoms with Gasteiger partial charge in [0.2, 0.25) is 11.6 Å². The summed E-state index contributed by atoms with van der Waals surface area (Å²) in [5, 5.41) is 3.55. The molecule has 1 N–H and O–H groups in total. The molecule has 2 aliphatic heterocycles. The minimum Gasteiger partial charge on any atom is -0.346 e. The third-order valence-corrected chi connectivity index (χ3v) is 5.84. The van der Waals surface area contributed by atoms with E-state index in [1.54, 1.807) is 43.4 Å². The van der Waals surface area contributed by atoms with Crippen molar-refractivity contribution < 1.29 is 14.4 Å². The smallest absolute Gasteiger partial charge is 0.267 e. The first-order valence-corrected chi connectivity index (χ1v) is 9.51. The quantitative estimate of drug-likeness (QED) is 0.865. The van der Waals surface area contributed by atoms with Crippen LogP contribution in [0.1, 0.15) is 41.7 Å². The Hall–Kier alpha value is -2.86. The number of carbonyl (C=O) groups is 3. The second kappa shape index (κ2) is 6.63. The summed E-state index contributed by atoms with van der Waals surface area (Å²) < 4.78 is 0. The van der Waals surface area contributed by atoms with Crippen LogP contribution in [-0.4, -0.2) is 35.3 Å². The number of likely N-dealkylation sites (N-methyl/N-ethyl adjacent to an activating group) is 1. The van der Waals surface area contributed by atoms with Gasteiger partial charge in [-0.3, -0.25) is 19.3 Å². The van der Waals surface area contributed by atoms with E-state index in [9.17, 15) is 14.4 Å². The number of fused-ring (bicyclic) bond motifs is 3. The average Bonchev–Trinajstić information content (AvgIpc) is 3.05. The summed E-state index contributed by atoms with van der Waals surface area (Å²) in [5.41, 5.74) is 0.388. The second-order valence-corrected chi connectivity index (χ2v) is 7.61. The Morgan fingerprint density at radius 1 is 1.18 bits per heavy atom. The number of para-hydroxylation sites is 1. The van der Waals surface area contributed by atoms with Crippen LogP contribution in [-0.2, 0) is 9.59 Å². The molecule has 0 aliphatic carbocycles. The van der Waals surface area contributed by atoms with Gasteiger partial charge < -0.3 is 10.2 Å². The topological polar surface area (TPSA) is 69.7 Å². The number of carbonyl (C=O) groups excluding carboxylic acids is 3. The van der Waals surface area contributed by atoms with E-state index < -0.39 is 5.66 Å². The molecule has 0 saturated carbocycles. The van der Waals surface area contributed by atoms with Crippen LogP contribution >= 0.6 is 11.6 Å². The normalized spacial score (nSPS) is 22.0. The van der Waals surface area contributed by atoms with Gasteiger partial charge in [-0.15, -0.1) is 0 Å². The zero-order valence-corrected chi connectivity index (χ0v) is 16.4. The van der Waals surface area contributed by atoms with Crippen LogP contribution in [0.15, 0.2) is 48.5 Å². The van der Waals surface area contributed by atoms with E-state index in [1.165, 1.54) is 9.80 Å². The molecule has 6 nitrogen and oxygen atoms in total. The number of rotatable bonds is 3. The molecular formula is C21H20ClN3O3. The van der Waals surface area contributed by atoms with E-state index >= 15 is 0 Å². The number of hydrogen-bond acceptors (Lipinski definition) is 3. The third-order valence-electron chi connectivity index (χ3n) is 5.60. The number of halogens is 1. The van der Waals surface area contributed by atoms with E-state index in [2.05, 4.69) is 5.32 Å². The maximum Gasteiger partial charge on any atom is 0.267 e. The lowest BCUT2D eigenvalue weighted by Crippen LogP contribution is -2.69. The summed E-state index contributed by atoms with van der Waals surface area (Å²) >= 11 is 6.06. The molecule has 2 atom stereocenters. The van der Waals surface area contributed by atoms with Crippen molar-refractivity contribution >= 4 is 35.0 Å². The highest BCUT2D eigenvalue weighted by Gasteiger charge is 2.59. The highest BCUT2D eigenvalue weighted by Crippen LogP contribution is 2.44. The van der Waals surface area contributed by atoms with Crippen molar-refractivity contribution in [1.82, 2.24) is 10.2 Å². The van der Waals surface area contributed by atoms with Crippen LogP contribution in [0.25, 0.3) is 0 Å². The number of hydrogen-bond donors (Lipinski definition) is 1. The molecule has 2 aromatic carbocycles. The first-order chi connectivity index (χ1) is 13.4. The first-order valence-electron chi connectivity index (χ1n) is 9.13. The maximum absolute atomic E-state index is 13.4. The lowest BCUT2D eigenvalue weighted by atomic mass is 9.95. The number of benzene rings is 2. The molecule has 0 bridgehead atoms. The minimum absolute atomic E-state index is 0.169. The van der Waals surface area contributed by atoms with Gasteiger partial charge in [0, 0.05) is 24.9 Å². The SMILES string of the molecule is C[C@H](NC(=O)[C@@]12CCC(=O)N1c1ccccc1C(=O)N2C)c1cccc(Cl)c1. The van der Waals surface area contributed by atoms with Gasteiger partial charge in [-0.1, -0.05) is 35.9 Å². The molecule has 144 valence electrons. The standard InChI is InChI=1S/C21H20ClN3O3/c1-13(14-6-5-7-15(22)12-14)23-20(28)21-11-10-18(26)25(21)17-9-4-3-8-16(17)19(27)24(21)2/h3-9,12-13H,10-11H2,1-2H3,(H,23,28)/t13-,21+/m0/s1. The van der Waals surface area contributed by atoms with Crippen molar-refractivity contribution in [3.8, 4) is 0 Å². The molecule has 2 heterocycles. The van der Waals surface area contributed by atoms with Crippen LogP contribution in [0.2, 0.25) is 5.02 Å². The van der Waals surface area contributed by atoms with Crippen molar-refractivity contribution in [2.75, 3.05) is 11.9 Å². The average molecular weight is 398 g/mol. The lowest BCUT2D eigenvalue weighted by Gasteiger charge is -2.47. The van der Waals surface area contributed by atoms with Crippen LogP contribution in [0, 0.1) is 0 Å². The van der Waals surface area contributed by atoms with Gasteiger partial charge in [0.05, 0.1) is 17.3 Å². The molecule has 1 fully saturated rings. The fourth-order valence-electron chi connectivity index (χ4n) is 4.10. The van der Waals surface area contributed by atoms with Crippen molar-refractivity contribution in [3.63, 3.8) is 0 Å². The van der Waals surface area contributed by atoms with Gasteiger partial charge >= 0.3 is 0 Å². The zero-order chi connectivity index (χ0) is 20.1. The van der Waals surface area contributed by atoms with Crippen LogP contribution in [0.4, 0.5) is 5.69 Å². The molecule has 2 aliphatic rings. The summed E-state index contributed by atoms with van der Waals surface area (Å²) in [6.07, 6.45) is 0.446. The van der Waals surface area contributed by atoms with Gasteiger partial charge in [0.15, 0.2) is 0 Å². The van der Waals surface area contributed by atoms with E-state index in [4.69, 9.17) is 11.6 Å². The molecule has 0 spiro atoms. The summed E-state index contributed by atoms with van der Waals surface area (Å²) in [4.78, 5) is 42.0. The van der Waals surface area contributed by atoms with Crippen molar-refractivity contribution in [3.05, 3.63) is 64.7 Å². The van der Waals surface area contributed by atoms with Crippen LogP contribution < -0.4 is 10.2 Å². The van der Waals surface area contributed by atoms with Gasteiger partial charge in [0.1, 0.15) is 0 Å².